The predicted octanol–water partition coefficient (Wildman–Crippen LogP) is 2.91. The molecule has 2 aromatic carbocycles. The predicted molar refractivity (Wildman–Crippen MR) is 88.5 cm³/mol. The minimum absolute atomic E-state index is 0. The van der Waals surface area contributed by atoms with Crippen LogP contribution in [-0.2, 0) is 5.41 Å². The maximum atomic E-state index is 6.19. The summed E-state index contributed by atoms with van der Waals surface area (Å²) >= 11 is 0. The molecule has 0 aliphatic heterocycles. The molecule has 0 bridgehead atoms. The highest BCUT2D eigenvalue weighted by Crippen LogP contribution is 2.31. The molecule has 0 saturated heterocycles. The minimum atomic E-state index is -0.147. The Morgan fingerprint density at radius 3 is 1.55 bits per heavy atom. The van der Waals surface area contributed by atoms with E-state index < -0.39 is 0 Å². The van der Waals surface area contributed by atoms with Crippen molar-refractivity contribution in [3.8, 4) is 0 Å². The fourth-order valence-electron chi connectivity index (χ4n) is 2.70. The number of benzene rings is 2. The highest BCUT2D eigenvalue weighted by molar-refractivity contribution is 5.85. The fourth-order valence-corrected chi connectivity index (χ4v) is 2.70. The lowest BCUT2D eigenvalue weighted by molar-refractivity contribution is 0.320. The van der Waals surface area contributed by atoms with Crippen LogP contribution < -0.4 is 5.73 Å². The standard InChI is InChI=1S/C17H22N2.ClH/c1-19(2)14-17(13-18,15-9-5-3-6-10-15)16-11-7-4-8-12-16;/h3-12H,13-14,18H2,1-2H3;1H. The average molecular weight is 291 g/mol. The Morgan fingerprint density at radius 2 is 1.25 bits per heavy atom. The molecule has 2 aromatic rings. The Morgan fingerprint density at radius 1 is 0.850 bits per heavy atom. The van der Waals surface area contributed by atoms with Crippen LogP contribution in [0.1, 0.15) is 11.1 Å². The highest BCUT2D eigenvalue weighted by Gasteiger charge is 2.33. The van der Waals surface area contributed by atoms with Gasteiger partial charge in [-0.1, -0.05) is 60.7 Å². The van der Waals surface area contributed by atoms with Crippen molar-refractivity contribution in [1.29, 1.82) is 0 Å². The summed E-state index contributed by atoms with van der Waals surface area (Å²) in [4.78, 5) is 2.20. The van der Waals surface area contributed by atoms with Crippen molar-refractivity contribution >= 4 is 12.4 Å². The van der Waals surface area contributed by atoms with Gasteiger partial charge in [0.2, 0.25) is 0 Å². The summed E-state index contributed by atoms with van der Waals surface area (Å²) in [7, 11) is 4.19. The molecule has 108 valence electrons. The summed E-state index contributed by atoms with van der Waals surface area (Å²) in [6.45, 7) is 1.50. The van der Waals surface area contributed by atoms with E-state index in [9.17, 15) is 0 Å². The molecule has 2 rings (SSSR count). The number of nitrogens with two attached hydrogens (primary N) is 1. The molecule has 20 heavy (non-hydrogen) atoms. The molecule has 0 aromatic heterocycles. The van der Waals surface area contributed by atoms with Crippen molar-refractivity contribution < 1.29 is 0 Å². The molecule has 0 saturated carbocycles. The average Bonchev–Trinajstić information content (AvgIpc) is 2.46. The molecule has 2 N–H and O–H groups in total. The van der Waals surface area contributed by atoms with Gasteiger partial charge >= 0.3 is 0 Å². The number of nitrogens with zero attached hydrogens (tertiary/aromatic N) is 1. The molecule has 0 spiro atoms. The molecule has 0 unspecified atom stereocenters. The van der Waals surface area contributed by atoms with Crippen LogP contribution >= 0.6 is 12.4 Å². The Balaban J connectivity index is 0.00000200. The molecule has 0 radical (unpaired) electrons. The van der Waals surface area contributed by atoms with Crippen molar-refractivity contribution in [2.75, 3.05) is 27.2 Å². The van der Waals surface area contributed by atoms with Crippen LogP contribution in [0.5, 0.6) is 0 Å². The Hall–Kier alpha value is -1.35. The summed E-state index contributed by atoms with van der Waals surface area (Å²) in [5.74, 6) is 0. The smallest absolute Gasteiger partial charge is 0.0451 e. The van der Waals surface area contributed by atoms with Gasteiger partial charge in [-0.15, -0.1) is 12.4 Å². The van der Waals surface area contributed by atoms with Crippen LogP contribution in [-0.4, -0.2) is 32.1 Å². The number of hydrogen-bond donors (Lipinski definition) is 1. The van der Waals surface area contributed by atoms with Gasteiger partial charge < -0.3 is 10.6 Å². The molecule has 0 atom stereocenters. The van der Waals surface area contributed by atoms with Crippen LogP contribution in [0, 0.1) is 0 Å². The van der Waals surface area contributed by atoms with E-state index in [1.165, 1.54) is 11.1 Å². The number of hydrogen-bond acceptors (Lipinski definition) is 2. The van der Waals surface area contributed by atoms with E-state index in [0.717, 1.165) is 6.54 Å². The summed E-state index contributed by atoms with van der Waals surface area (Å²) in [6.07, 6.45) is 0. The van der Waals surface area contributed by atoms with Gasteiger partial charge in [-0.2, -0.15) is 0 Å². The van der Waals surface area contributed by atoms with Gasteiger partial charge in [0.05, 0.1) is 0 Å². The number of likely N-dealkylation sites (N-methyl/N-ethyl adjacent to an activating group) is 1. The second-order valence-corrected chi connectivity index (χ2v) is 5.26. The Bertz CT molecular complexity index is 457. The Labute approximate surface area is 128 Å². The third kappa shape index (κ3) is 3.40. The summed E-state index contributed by atoms with van der Waals surface area (Å²) in [5.41, 5.74) is 8.60. The van der Waals surface area contributed by atoms with Crippen molar-refractivity contribution in [2.45, 2.75) is 5.41 Å². The van der Waals surface area contributed by atoms with Crippen LogP contribution in [0.25, 0.3) is 0 Å². The van der Waals surface area contributed by atoms with Crippen LogP contribution in [0.4, 0.5) is 0 Å². The normalized spacial score (nSPS) is 11.2. The zero-order chi connectivity index (χ0) is 13.7. The maximum Gasteiger partial charge on any atom is 0.0451 e. The van der Waals surface area contributed by atoms with Gasteiger partial charge in [0.1, 0.15) is 0 Å². The molecule has 0 aliphatic rings. The summed E-state index contributed by atoms with van der Waals surface area (Å²) in [5, 5.41) is 0. The fraction of sp³-hybridized carbons (Fsp3) is 0.294. The quantitative estimate of drug-likeness (QED) is 0.917. The molecule has 3 heteroatoms. The second-order valence-electron chi connectivity index (χ2n) is 5.26. The molecule has 0 amide bonds. The van der Waals surface area contributed by atoms with Gasteiger partial charge in [-0.05, 0) is 25.2 Å². The number of rotatable bonds is 5. The van der Waals surface area contributed by atoms with Gasteiger partial charge in [0, 0.05) is 18.5 Å². The van der Waals surface area contributed by atoms with Crippen LogP contribution in [0.2, 0.25) is 0 Å². The molecular weight excluding hydrogens is 268 g/mol. The van der Waals surface area contributed by atoms with E-state index in [1.54, 1.807) is 0 Å². The third-order valence-corrected chi connectivity index (χ3v) is 3.59. The van der Waals surface area contributed by atoms with E-state index in [0.29, 0.717) is 6.54 Å². The minimum Gasteiger partial charge on any atom is -0.329 e. The van der Waals surface area contributed by atoms with Gasteiger partial charge in [-0.3, -0.25) is 0 Å². The first kappa shape index (κ1) is 16.7. The maximum absolute atomic E-state index is 6.19. The lowest BCUT2D eigenvalue weighted by atomic mass is 9.74. The topological polar surface area (TPSA) is 29.3 Å². The molecule has 0 heterocycles. The Kier molecular flexibility index (Phi) is 6.21. The first-order valence-electron chi connectivity index (χ1n) is 6.65. The molecule has 0 fully saturated rings. The van der Waals surface area contributed by atoms with E-state index >= 15 is 0 Å². The SMILES string of the molecule is CN(C)CC(CN)(c1ccccc1)c1ccccc1.Cl. The van der Waals surface area contributed by atoms with Gasteiger partial charge in [-0.25, -0.2) is 0 Å². The lowest BCUT2D eigenvalue weighted by Crippen LogP contribution is -2.44. The summed E-state index contributed by atoms with van der Waals surface area (Å²) in [6, 6.07) is 21.1. The monoisotopic (exact) mass is 290 g/mol. The van der Waals surface area contributed by atoms with Crippen molar-refractivity contribution in [1.82, 2.24) is 4.90 Å². The molecule has 0 aliphatic carbocycles. The van der Waals surface area contributed by atoms with E-state index in [-0.39, 0.29) is 17.8 Å². The lowest BCUT2D eigenvalue weighted by Gasteiger charge is -2.36. The van der Waals surface area contributed by atoms with Gasteiger partial charge in [0.15, 0.2) is 0 Å². The van der Waals surface area contributed by atoms with Crippen LogP contribution in [0.15, 0.2) is 60.7 Å². The summed E-state index contributed by atoms with van der Waals surface area (Å²) < 4.78 is 0. The zero-order valence-electron chi connectivity index (χ0n) is 12.1. The second kappa shape index (κ2) is 7.44. The zero-order valence-corrected chi connectivity index (χ0v) is 12.9. The van der Waals surface area contributed by atoms with E-state index in [1.807, 2.05) is 12.1 Å². The van der Waals surface area contributed by atoms with Crippen molar-refractivity contribution in [3.63, 3.8) is 0 Å². The van der Waals surface area contributed by atoms with Crippen molar-refractivity contribution in [3.05, 3.63) is 71.8 Å². The number of halogens is 1. The molecule has 2 nitrogen and oxygen atoms in total. The largest absolute Gasteiger partial charge is 0.329 e. The first-order chi connectivity index (χ1) is 9.19. The highest BCUT2D eigenvalue weighted by atomic mass is 35.5. The van der Waals surface area contributed by atoms with Crippen molar-refractivity contribution in [2.24, 2.45) is 5.73 Å². The van der Waals surface area contributed by atoms with Crippen LogP contribution in [0.3, 0.4) is 0 Å². The first-order valence-corrected chi connectivity index (χ1v) is 6.65. The van der Waals surface area contributed by atoms with E-state index in [2.05, 4.69) is 67.5 Å². The van der Waals surface area contributed by atoms with Gasteiger partial charge in [0.25, 0.3) is 0 Å². The third-order valence-electron chi connectivity index (χ3n) is 3.59. The van der Waals surface area contributed by atoms with E-state index in [4.69, 9.17) is 5.73 Å². The molecular formula is C17H23ClN2.